The fourth-order valence-electron chi connectivity index (χ4n) is 4.41. The summed E-state index contributed by atoms with van der Waals surface area (Å²) in [5.41, 5.74) is 3.34. The molecule has 2 aromatic heterocycles. The van der Waals surface area contributed by atoms with Crippen LogP contribution in [0.1, 0.15) is 40.6 Å². The van der Waals surface area contributed by atoms with Crippen LogP contribution in [0, 0.1) is 0 Å². The third kappa shape index (κ3) is 2.85. The highest BCUT2D eigenvalue weighted by atomic mass is 16.5. The van der Waals surface area contributed by atoms with E-state index in [2.05, 4.69) is 15.4 Å². The van der Waals surface area contributed by atoms with E-state index in [1.807, 2.05) is 24.3 Å². The third-order valence-electron chi connectivity index (χ3n) is 5.89. The van der Waals surface area contributed by atoms with E-state index in [9.17, 15) is 9.59 Å². The highest BCUT2D eigenvalue weighted by molar-refractivity contribution is 6.05. The molecule has 4 aromatic rings. The zero-order valence-electron chi connectivity index (χ0n) is 16.9. The topological polar surface area (TPSA) is 89.0 Å². The predicted octanol–water partition coefficient (Wildman–Crippen LogP) is 3.23. The number of hydrogen-bond donors (Lipinski definition) is 2. The molecule has 0 fully saturated rings. The number of methoxy groups -OCH3 is 1. The Labute approximate surface area is 172 Å². The number of carbonyl (C=O) groups excluding carboxylic acids is 1. The molecule has 0 radical (unpaired) electrons. The van der Waals surface area contributed by atoms with E-state index in [0.717, 1.165) is 41.6 Å². The number of carbonyl (C=O) groups is 1. The van der Waals surface area contributed by atoms with Crippen molar-refractivity contribution in [2.24, 2.45) is 7.05 Å². The van der Waals surface area contributed by atoms with Crippen LogP contribution in [-0.4, -0.2) is 27.8 Å². The summed E-state index contributed by atoms with van der Waals surface area (Å²) in [6.07, 6.45) is 2.77. The van der Waals surface area contributed by atoms with Gasteiger partial charge in [0, 0.05) is 29.0 Å². The first-order valence-corrected chi connectivity index (χ1v) is 10.0. The van der Waals surface area contributed by atoms with E-state index in [4.69, 9.17) is 4.74 Å². The van der Waals surface area contributed by atoms with Crippen LogP contribution in [0.5, 0.6) is 5.75 Å². The summed E-state index contributed by atoms with van der Waals surface area (Å²) in [7, 11) is 3.23. The number of rotatable bonds is 3. The second-order valence-corrected chi connectivity index (χ2v) is 7.67. The highest BCUT2D eigenvalue weighted by Crippen LogP contribution is 2.36. The number of aromatic amines is 1. The average molecular weight is 402 g/mol. The van der Waals surface area contributed by atoms with Crippen LogP contribution in [0.4, 0.5) is 0 Å². The molecule has 30 heavy (non-hydrogen) atoms. The molecule has 1 atom stereocenters. The number of fused-ring (bicyclic) bond motifs is 4. The first-order chi connectivity index (χ1) is 14.6. The molecule has 2 N–H and O–H groups in total. The first-order valence-electron chi connectivity index (χ1n) is 10.0. The van der Waals surface area contributed by atoms with E-state index in [0.29, 0.717) is 10.8 Å². The molecular formula is C23H22N4O3. The molecule has 152 valence electrons. The Balaban J connectivity index is 1.54. The Morgan fingerprint density at radius 2 is 2.00 bits per heavy atom. The summed E-state index contributed by atoms with van der Waals surface area (Å²) < 4.78 is 6.59. The minimum atomic E-state index is -0.282. The van der Waals surface area contributed by atoms with Gasteiger partial charge in [0.1, 0.15) is 5.75 Å². The van der Waals surface area contributed by atoms with Crippen LogP contribution in [0.3, 0.4) is 0 Å². The number of amides is 1. The second-order valence-electron chi connectivity index (χ2n) is 7.67. The quantitative estimate of drug-likeness (QED) is 0.551. The minimum Gasteiger partial charge on any atom is -0.497 e. The standard InChI is InChI=1S/C23H22N4O3/c1-27-23(29)16-7-4-3-6-14(16)21(26-27)22(28)25-19-9-5-8-15-17-12-13(30-2)10-11-18(17)24-20(15)19/h3-4,6-7,10-12,19,24H,5,8-9H2,1-2H3,(H,25,28)/t19-/m0/s1. The molecule has 1 aliphatic rings. The summed E-state index contributed by atoms with van der Waals surface area (Å²) in [6, 6.07) is 12.9. The van der Waals surface area contributed by atoms with Crippen molar-refractivity contribution in [1.29, 1.82) is 0 Å². The molecule has 7 heteroatoms. The molecule has 0 saturated carbocycles. The summed E-state index contributed by atoms with van der Waals surface area (Å²) in [4.78, 5) is 29.0. The Morgan fingerprint density at radius 1 is 1.20 bits per heavy atom. The van der Waals surface area contributed by atoms with Gasteiger partial charge in [-0.05, 0) is 49.1 Å². The average Bonchev–Trinajstić information content (AvgIpc) is 3.15. The molecule has 1 aliphatic carbocycles. The molecule has 0 unspecified atom stereocenters. The zero-order chi connectivity index (χ0) is 20.8. The van der Waals surface area contributed by atoms with Gasteiger partial charge in [-0.15, -0.1) is 0 Å². The smallest absolute Gasteiger partial charge is 0.274 e. The summed E-state index contributed by atoms with van der Waals surface area (Å²) in [5, 5.41) is 9.58. The maximum atomic E-state index is 13.2. The number of hydrogen-bond acceptors (Lipinski definition) is 4. The van der Waals surface area contributed by atoms with E-state index in [1.54, 1.807) is 32.4 Å². The van der Waals surface area contributed by atoms with Crippen molar-refractivity contribution in [2.75, 3.05) is 7.11 Å². The second kappa shape index (κ2) is 7.02. The Bertz CT molecular complexity index is 1350. The van der Waals surface area contributed by atoms with Gasteiger partial charge in [0.25, 0.3) is 11.5 Å². The highest BCUT2D eigenvalue weighted by Gasteiger charge is 2.27. The van der Waals surface area contributed by atoms with Gasteiger partial charge in [0.05, 0.1) is 18.5 Å². The van der Waals surface area contributed by atoms with Crippen LogP contribution in [-0.2, 0) is 13.5 Å². The minimum absolute atomic E-state index is 0.141. The lowest BCUT2D eigenvalue weighted by atomic mass is 9.91. The van der Waals surface area contributed by atoms with Gasteiger partial charge in [-0.3, -0.25) is 9.59 Å². The van der Waals surface area contributed by atoms with Crippen LogP contribution < -0.4 is 15.6 Å². The summed E-state index contributed by atoms with van der Waals surface area (Å²) >= 11 is 0. The molecule has 2 aromatic carbocycles. The fraction of sp³-hybridized carbons (Fsp3) is 0.261. The number of ether oxygens (including phenoxy) is 1. The van der Waals surface area contributed by atoms with Crippen molar-refractivity contribution in [3.63, 3.8) is 0 Å². The van der Waals surface area contributed by atoms with Crippen molar-refractivity contribution in [2.45, 2.75) is 25.3 Å². The van der Waals surface area contributed by atoms with Crippen molar-refractivity contribution in [3.05, 3.63) is 69.8 Å². The Kier molecular flexibility index (Phi) is 4.31. The van der Waals surface area contributed by atoms with E-state index in [-0.39, 0.29) is 23.2 Å². The number of aromatic nitrogens is 3. The van der Waals surface area contributed by atoms with Crippen LogP contribution in [0.2, 0.25) is 0 Å². The lowest BCUT2D eigenvalue weighted by molar-refractivity contribution is 0.0926. The number of nitrogens with zero attached hydrogens (tertiary/aromatic N) is 2. The third-order valence-corrected chi connectivity index (χ3v) is 5.89. The number of aryl methyl sites for hydroxylation is 2. The van der Waals surface area contributed by atoms with Crippen LogP contribution in [0.15, 0.2) is 47.3 Å². The summed E-state index contributed by atoms with van der Waals surface area (Å²) in [6.45, 7) is 0. The van der Waals surface area contributed by atoms with Crippen LogP contribution in [0.25, 0.3) is 21.7 Å². The van der Waals surface area contributed by atoms with Crippen LogP contribution >= 0.6 is 0 Å². The molecule has 0 bridgehead atoms. The normalized spacial score (nSPS) is 15.9. The van der Waals surface area contributed by atoms with E-state index in [1.165, 1.54) is 10.2 Å². The summed E-state index contributed by atoms with van der Waals surface area (Å²) in [5.74, 6) is 0.534. The lowest BCUT2D eigenvalue weighted by Crippen LogP contribution is -2.33. The van der Waals surface area contributed by atoms with E-state index < -0.39 is 0 Å². The van der Waals surface area contributed by atoms with Gasteiger partial charge in [-0.1, -0.05) is 18.2 Å². The number of H-pyrrole nitrogens is 1. The van der Waals surface area contributed by atoms with Crippen molar-refractivity contribution >= 4 is 27.6 Å². The molecular weight excluding hydrogens is 380 g/mol. The maximum absolute atomic E-state index is 13.2. The van der Waals surface area contributed by atoms with Gasteiger partial charge < -0.3 is 15.0 Å². The molecule has 0 aliphatic heterocycles. The van der Waals surface area contributed by atoms with Gasteiger partial charge in [-0.2, -0.15) is 5.10 Å². The maximum Gasteiger partial charge on any atom is 0.274 e. The van der Waals surface area contributed by atoms with Crippen molar-refractivity contribution in [3.8, 4) is 5.75 Å². The molecule has 0 saturated heterocycles. The molecule has 1 amide bonds. The SMILES string of the molecule is COc1ccc2[nH]c3c(c2c1)CCC[C@@H]3NC(=O)c1nn(C)c(=O)c2ccccc12. The van der Waals surface area contributed by atoms with Gasteiger partial charge in [-0.25, -0.2) is 4.68 Å². The monoisotopic (exact) mass is 402 g/mol. The molecule has 2 heterocycles. The molecule has 5 rings (SSSR count). The molecule has 0 spiro atoms. The molecule has 7 nitrogen and oxygen atoms in total. The zero-order valence-corrected chi connectivity index (χ0v) is 16.9. The van der Waals surface area contributed by atoms with Crippen molar-refractivity contribution in [1.82, 2.24) is 20.1 Å². The first kappa shape index (κ1) is 18.4. The number of benzene rings is 2. The Hall–Kier alpha value is -3.61. The van der Waals surface area contributed by atoms with Gasteiger partial charge in [0.15, 0.2) is 5.69 Å². The lowest BCUT2D eigenvalue weighted by Gasteiger charge is -2.24. The number of nitrogens with one attached hydrogen (secondary N) is 2. The van der Waals surface area contributed by atoms with Gasteiger partial charge in [0.2, 0.25) is 0 Å². The van der Waals surface area contributed by atoms with Crippen molar-refractivity contribution < 1.29 is 9.53 Å². The Morgan fingerprint density at radius 3 is 2.80 bits per heavy atom. The largest absolute Gasteiger partial charge is 0.497 e. The predicted molar refractivity (Wildman–Crippen MR) is 115 cm³/mol. The van der Waals surface area contributed by atoms with Gasteiger partial charge >= 0.3 is 0 Å². The fourth-order valence-corrected chi connectivity index (χ4v) is 4.41. The van der Waals surface area contributed by atoms with E-state index >= 15 is 0 Å².